The van der Waals surface area contributed by atoms with E-state index in [1.807, 2.05) is 25.6 Å². The van der Waals surface area contributed by atoms with Crippen molar-refractivity contribution in [1.82, 2.24) is 5.06 Å². The normalized spacial score (nSPS) is 21.0. The van der Waals surface area contributed by atoms with Crippen LogP contribution in [0.2, 0.25) is 0 Å². The van der Waals surface area contributed by atoms with Gasteiger partial charge in [-0.15, -0.1) is 11.8 Å². The fourth-order valence-electron chi connectivity index (χ4n) is 0.739. The average Bonchev–Trinajstić information content (AvgIpc) is 1.83. The van der Waals surface area contributed by atoms with Crippen molar-refractivity contribution in [1.29, 1.82) is 0 Å². The Morgan fingerprint density at radius 3 is 2.67 bits per heavy atom. The third-order valence-electron chi connectivity index (χ3n) is 1.52. The van der Waals surface area contributed by atoms with Crippen LogP contribution < -0.4 is 0 Å². The highest BCUT2D eigenvalue weighted by molar-refractivity contribution is 8.03. The van der Waals surface area contributed by atoms with E-state index < -0.39 is 0 Å². The molecule has 1 aliphatic rings. The van der Waals surface area contributed by atoms with Crippen molar-refractivity contribution in [3.05, 3.63) is 10.6 Å². The monoisotopic (exact) mass is 145 g/mol. The summed E-state index contributed by atoms with van der Waals surface area (Å²) in [4.78, 5) is 1.23. The summed E-state index contributed by atoms with van der Waals surface area (Å²) in [5.41, 5.74) is 0.992. The van der Waals surface area contributed by atoms with Crippen molar-refractivity contribution in [3.63, 3.8) is 0 Å². The molecular formula is C6H11NOS. The van der Waals surface area contributed by atoms with Crippen molar-refractivity contribution in [3.8, 4) is 0 Å². The minimum Gasteiger partial charge on any atom is -0.289 e. The van der Waals surface area contributed by atoms with Crippen LogP contribution in [0.4, 0.5) is 0 Å². The van der Waals surface area contributed by atoms with E-state index in [0.29, 0.717) is 0 Å². The minimum atomic E-state index is 0.758. The SMILES string of the molecule is CC1=C(C)N(O)CCS1. The first-order valence-corrected chi connectivity index (χ1v) is 3.97. The zero-order valence-electron chi connectivity index (χ0n) is 5.72. The second kappa shape index (κ2) is 2.62. The van der Waals surface area contributed by atoms with Gasteiger partial charge in [-0.25, -0.2) is 0 Å². The molecule has 0 bridgehead atoms. The Balaban J connectivity index is 2.72. The smallest absolute Gasteiger partial charge is 0.0544 e. The zero-order valence-corrected chi connectivity index (χ0v) is 6.53. The second-order valence-corrected chi connectivity index (χ2v) is 3.42. The molecule has 0 aromatic rings. The van der Waals surface area contributed by atoms with Gasteiger partial charge >= 0.3 is 0 Å². The molecule has 3 heteroatoms. The number of hydrogen-bond donors (Lipinski definition) is 1. The Labute approximate surface area is 59.5 Å². The second-order valence-electron chi connectivity index (χ2n) is 2.11. The van der Waals surface area contributed by atoms with Gasteiger partial charge in [-0.05, 0) is 13.8 Å². The Morgan fingerprint density at radius 1 is 1.56 bits per heavy atom. The van der Waals surface area contributed by atoms with Crippen LogP contribution in [0.5, 0.6) is 0 Å². The highest BCUT2D eigenvalue weighted by atomic mass is 32.2. The molecule has 2 nitrogen and oxygen atoms in total. The lowest BCUT2D eigenvalue weighted by Crippen LogP contribution is -2.23. The van der Waals surface area contributed by atoms with Crippen molar-refractivity contribution < 1.29 is 5.21 Å². The molecule has 0 aromatic carbocycles. The zero-order chi connectivity index (χ0) is 6.85. The standard InChI is InChI=1S/C6H11NOS/c1-5-6(2)9-4-3-7(5)8/h8H,3-4H2,1-2H3. The van der Waals surface area contributed by atoms with Crippen LogP contribution in [0.1, 0.15) is 13.8 Å². The Hall–Kier alpha value is -0.150. The molecule has 0 saturated carbocycles. The molecule has 1 N–H and O–H groups in total. The summed E-state index contributed by atoms with van der Waals surface area (Å²) >= 11 is 1.81. The number of allylic oxidation sites excluding steroid dienone is 2. The van der Waals surface area contributed by atoms with Crippen molar-refractivity contribution in [2.75, 3.05) is 12.3 Å². The predicted molar refractivity (Wildman–Crippen MR) is 39.3 cm³/mol. The summed E-state index contributed by atoms with van der Waals surface area (Å²) in [6, 6.07) is 0. The summed E-state index contributed by atoms with van der Waals surface area (Å²) in [7, 11) is 0. The summed E-state index contributed by atoms with van der Waals surface area (Å²) in [5, 5.41) is 10.4. The van der Waals surface area contributed by atoms with E-state index in [2.05, 4.69) is 0 Å². The lowest BCUT2D eigenvalue weighted by molar-refractivity contribution is -0.0505. The first-order chi connectivity index (χ1) is 4.22. The molecule has 0 aromatic heterocycles. The minimum absolute atomic E-state index is 0.758. The van der Waals surface area contributed by atoms with Crippen LogP contribution in [0, 0.1) is 0 Å². The van der Waals surface area contributed by atoms with Gasteiger partial charge in [-0.3, -0.25) is 10.3 Å². The maximum Gasteiger partial charge on any atom is 0.0544 e. The number of hydrogen-bond acceptors (Lipinski definition) is 3. The Morgan fingerprint density at radius 2 is 2.22 bits per heavy atom. The molecule has 1 heterocycles. The molecule has 0 amide bonds. The van der Waals surface area contributed by atoms with E-state index in [1.54, 1.807) is 0 Å². The van der Waals surface area contributed by atoms with Crippen LogP contribution in [-0.4, -0.2) is 22.6 Å². The van der Waals surface area contributed by atoms with Gasteiger partial charge in [0.05, 0.1) is 6.54 Å². The predicted octanol–water partition coefficient (Wildman–Crippen LogP) is 1.68. The summed E-state index contributed by atoms with van der Waals surface area (Å²) in [5.74, 6) is 1.000. The van der Waals surface area contributed by atoms with E-state index in [0.717, 1.165) is 18.0 Å². The molecule has 0 aliphatic carbocycles. The number of thioether (sulfide) groups is 1. The van der Waals surface area contributed by atoms with Crippen LogP contribution in [-0.2, 0) is 0 Å². The molecule has 0 unspecified atom stereocenters. The first kappa shape index (κ1) is 6.96. The lowest BCUT2D eigenvalue weighted by atomic mass is 10.4. The van der Waals surface area contributed by atoms with E-state index in [1.165, 1.54) is 9.97 Å². The molecular weight excluding hydrogens is 134 g/mol. The molecule has 0 fully saturated rings. The topological polar surface area (TPSA) is 23.5 Å². The van der Waals surface area contributed by atoms with Crippen molar-refractivity contribution in [2.45, 2.75) is 13.8 Å². The lowest BCUT2D eigenvalue weighted by Gasteiger charge is -2.23. The summed E-state index contributed by atoms with van der Waals surface area (Å²) in [6.45, 7) is 4.72. The van der Waals surface area contributed by atoms with Crippen LogP contribution in [0.25, 0.3) is 0 Å². The van der Waals surface area contributed by atoms with E-state index in [-0.39, 0.29) is 0 Å². The number of hydroxylamine groups is 2. The molecule has 1 aliphatic heterocycles. The van der Waals surface area contributed by atoms with E-state index >= 15 is 0 Å². The van der Waals surface area contributed by atoms with Crippen LogP contribution >= 0.6 is 11.8 Å². The highest BCUT2D eigenvalue weighted by Crippen LogP contribution is 2.24. The maximum atomic E-state index is 9.11. The first-order valence-electron chi connectivity index (χ1n) is 2.98. The molecule has 0 spiro atoms. The fraction of sp³-hybridized carbons (Fsp3) is 0.667. The Kier molecular flexibility index (Phi) is 2.03. The van der Waals surface area contributed by atoms with Crippen molar-refractivity contribution in [2.24, 2.45) is 0 Å². The summed E-state index contributed by atoms with van der Waals surface area (Å²) in [6.07, 6.45) is 0. The Bertz CT molecular complexity index is 144. The quantitative estimate of drug-likeness (QED) is 0.561. The number of rotatable bonds is 0. The third-order valence-corrected chi connectivity index (χ3v) is 2.63. The molecule has 1 rings (SSSR count). The molecule has 0 saturated heterocycles. The molecule has 52 valence electrons. The van der Waals surface area contributed by atoms with Gasteiger partial charge in [0.2, 0.25) is 0 Å². The molecule has 0 atom stereocenters. The van der Waals surface area contributed by atoms with E-state index in [4.69, 9.17) is 5.21 Å². The van der Waals surface area contributed by atoms with Gasteiger partial charge in [-0.1, -0.05) is 0 Å². The average molecular weight is 145 g/mol. The van der Waals surface area contributed by atoms with Gasteiger partial charge < -0.3 is 0 Å². The van der Waals surface area contributed by atoms with Crippen molar-refractivity contribution >= 4 is 11.8 Å². The molecule has 9 heavy (non-hydrogen) atoms. The fourth-order valence-corrected chi connectivity index (χ4v) is 1.62. The van der Waals surface area contributed by atoms with Gasteiger partial charge in [0.25, 0.3) is 0 Å². The van der Waals surface area contributed by atoms with E-state index in [9.17, 15) is 0 Å². The van der Waals surface area contributed by atoms with Gasteiger partial charge in [-0.2, -0.15) is 0 Å². The van der Waals surface area contributed by atoms with Gasteiger partial charge in [0.15, 0.2) is 0 Å². The maximum absolute atomic E-state index is 9.11. The van der Waals surface area contributed by atoms with Gasteiger partial charge in [0.1, 0.15) is 0 Å². The highest BCUT2D eigenvalue weighted by Gasteiger charge is 2.10. The molecule has 0 radical (unpaired) electrons. The summed E-state index contributed by atoms with van der Waals surface area (Å²) < 4.78 is 0. The largest absolute Gasteiger partial charge is 0.289 e. The van der Waals surface area contributed by atoms with Crippen LogP contribution in [0.3, 0.4) is 0 Å². The third kappa shape index (κ3) is 1.40. The van der Waals surface area contributed by atoms with Crippen LogP contribution in [0.15, 0.2) is 10.6 Å². The van der Waals surface area contributed by atoms with Gasteiger partial charge in [0, 0.05) is 16.4 Å². The number of nitrogens with zero attached hydrogens (tertiary/aromatic N) is 1.